The molecule has 0 N–H and O–H groups in total. The van der Waals surface area contributed by atoms with Gasteiger partial charge in [0.25, 0.3) is 5.78 Å². The quantitative estimate of drug-likeness (QED) is 0.488. The molecule has 8 heteroatoms. The zero-order chi connectivity index (χ0) is 20.5. The number of hydrogen-bond donors (Lipinski definition) is 0. The predicted octanol–water partition coefficient (Wildman–Crippen LogP) is 3.32. The fourth-order valence-electron chi connectivity index (χ4n) is 3.51. The maximum absolute atomic E-state index is 5.50. The van der Waals surface area contributed by atoms with Gasteiger partial charge in [-0.25, -0.2) is 4.98 Å². The molecule has 0 aliphatic carbocycles. The summed E-state index contributed by atoms with van der Waals surface area (Å²) in [6, 6.07) is 13.6. The second kappa shape index (κ2) is 7.55. The van der Waals surface area contributed by atoms with E-state index in [0.717, 1.165) is 40.6 Å². The van der Waals surface area contributed by atoms with E-state index in [1.165, 1.54) is 0 Å². The number of aromatic nitrogens is 4. The third-order valence-corrected chi connectivity index (χ3v) is 5.04. The molecule has 1 aliphatic heterocycles. The highest BCUT2D eigenvalue weighted by molar-refractivity contribution is 5.65. The minimum absolute atomic E-state index is 0.244. The Morgan fingerprint density at radius 1 is 0.933 bits per heavy atom. The van der Waals surface area contributed by atoms with E-state index >= 15 is 0 Å². The van der Waals surface area contributed by atoms with Gasteiger partial charge in [0.1, 0.15) is 0 Å². The summed E-state index contributed by atoms with van der Waals surface area (Å²) in [4.78, 5) is 8.95. The molecule has 0 saturated heterocycles. The standard InChI is InChI=1S/C22H20N4O4/c1-27-17-6-3-14(11-19(17)28-2)4-8-21-24-22-23-10-9-16(26(22)25-21)15-5-7-18-20(12-15)30-13-29-18/h3,5-7,9-12H,4,8,13H2,1-2H3. The summed E-state index contributed by atoms with van der Waals surface area (Å²) in [5, 5.41) is 4.69. The van der Waals surface area contributed by atoms with Gasteiger partial charge in [0.15, 0.2) is 28.8 Å². The van der Waals surface area contributed by atoms with Crippen molar-refractivity contribution in [2.24, 2.45) is 0 Å². The number of methoxy groups -OCH3 is 2. The van der Waals surface area contributed by atoms with Gasteiger partial charge in [0.05, 0.1) is 19.9 Å². The summed E-state index contributed by atoms with van der Waals surface area (Å²) in [6.45, 7) is 0.244. The Labute approximate surface area is 173 Å². The third kappa shape index (κ3) is 3.26. The Balaban J connectivity index is 1.41. The molecule has 0 unspecified atom stereocenters. The van der Waals surface area contributed by atoms with Crippen molar-refractivity contribution in [1.29, 1.82) is 0 Å². The number of nitrogens with zero attached hydrogens (tertiary/aromatic N) is 4. The van der Waals surface area contributed by atoms with Crippen LogP contribution in [0.4, 0.5) is 0 Å². The van der Waals surface area contributed by atoms with Gasteiger partial charge in [0.2, 0.25) is 6.79 Å². The Kier molecular flexibility index (Phi) is 4.59. The van der Waals surface area contributed by atoms with Crippen molar-refractivity contribution in [3.63, 3.8) is 0 Å². The van der Waals surface area contributed by atoms with Crippen molar-refractivity contribution in [2.75, 3.05) is 21.0 Å². The normalized spacial score (nSPS) is 12.3. The van der Waals surface area contributed by atoms with E-state index in [2.05, 4.69) is 15.1 Å². The van der Waals surface area contributed by atoms with Crippen LogP contribution in [-0.4, -0.2) is 40.6 Å². The van der Waals surface area contributed by atoms with Crippen LogP contribution in [0.5, 0.6) is 23.0 Å². The van der Waals surface area contributed by atoms with Crippen molar-refractivity contribution in [3.05, 3.63) is 60.0 Å². The fraction of sp³-hybridized carbons (Fsp3) is 0.227. The Morgan fingerprint density at radius 3 is 2.67 bits per heavy atom. The monoisotopic (exact) mass is 404 g/mol. The predicted molar refractivity (Wildman–Crippen MR) is 109 cm³/mol. The molecular weight excluding hydrogens is 384 g/mol. The summed E-state index contributed by atoms with van der Waals surface area (Å²) >= 11 is 0. The van der Waals surface area contributed by atoms with Gasteiger partial charge in [-0.1, -0.05) is 6.07 Å². The molecule has 2 aromatic heterocycles. The number of hydrogen-bond acceptors (Lipinski definition) is 7. The second-order valence-corrected chi connectivity index (χ2v) is 6.83. The van der Waals surface area contributed by atoms with E-state index in [4.69, 9.17) is 18.9 Å². The van der Waals surface area contributed by atoms with Gasteiger partial charge < -0.3 is 18.9 Å². The van der Waals surface area contributed by atoms with Gasteiger partial charge in [-0.05, 0) is 48.4 Å². The van der Waals surface area contributed by atoms with Crippen LogP contribution in [0, 0.1) is 0 Å². The molecule has 30 heavy (non-hydrogen) atoms. The van der Waals surface area contributed by atoms with E-state index in [1.54, 1.807) is 24.9 Å². The molecule has 5 rings (SSSR count). The molecule has 0 amide bonds. The van der Waals surface area contributed by atoms with Crippen LogP contribution in [0.15, 0.2) is 48.7 Å². The van der Waals surface area contributed by atoms with Crippen LogP contribution in [0.25, 0.3) is 17.0 Å². The highest BCUT2D eigenvalue weighted by atomic mass is 16.7. The number of fused-ring (bicyclic) bond motifs is 2. The summed E-state index contributed by atoms with van der Waals surface area (Å²) in [7, 11) is 3.26. The first-order valence-electron chi connectivity index (χ1n) is 9.57. The molecule has 0 fully saturated rings. The lowest BCUT2D eigenvalue weighted by molar-refractivity contribution is 0.174. The van der Waals surface area contributed by atoms with Crippen molar-refractivity contribution >= 4 is 5.78 Å². The van der Waals surface area contributed by atoms with Gasteiger partial charge >= 0.3 is 0 Å². The number of aryl methyl sites for hydroxylation is 2. The van der Waals surface area contributed by atoms with E-state index in [1.807, 2.05) is 42.5 Å². The van der Waals surface area contributed by atoms with Crippen molar-refractivity contribution in [1.82, 2.24) is 19.6 Å². The highest BCUT2D eigenvalue weighted by Gasteiger charge is 2.16. The lowest BCUT2D eigenvalue weighted by Crippen LogP contribution is -1.98. The van der Waals surface area contributed by atoms with Crippen LogP contribution in [-0.2, 0) is 12.8 Å². The molecular formula is C22H20N4O4. The number of benzene rings is 2. The molecule has 1 aliphatic rings. The maximum Gasteiger partial charge on any atom is 0.252 e. The van der Waals surface area contributed by atoms with E-state index in [9.17, 15) is 0 Å². The average Bonchev–Trinajstić information content (AvgIpc) is 3.43. The number of ether oxygens (including phenoxy) is 4. The lowest BCUT2D eigenvalue weighted by atomic mass is 10.1. The summed E-state index contributed by atoms with van der Waals surface area (Å²) in [5.74, 6) is 4.19. The highest BCUT2D eigenvalue weighted by Crippen LogP contribution is 2.35. The van der Waals surface area contributed by atoms with Crippen LogP contribution >= 0.6 is 0 Å². The molecule has 0 bridgehead atoms. The molecule has 3 heterocycles. The molecule has 0 radical (unpaired) electrons. The van der Waals surface area contributed by atoms with Crippen molar-refractivity contribution < 1.29 is 18.9 Å². The van der Waals surface area contributed by atoms with Crippen LogP contribution in [0.3, 0.4) is 0 Å². The zero-order valence-corrected chi connectivity index (χ0v) is 16.7. The van der Waals surface area contributed by atoms with E-state index < -0.39 is 0 Å². The Morgan fingerprint density at radius 2 is 1.80 bits per heavy atom. The molecule has 4 aromatic rings. The second-order valence-electron chi connectivity index (χ2n) is 6.83. The van der Waals surface area contributed by atoms with Gasteiger partial charge in [-0.15, -0.1) is 5.10 Å². The van der Waals surface area contributed by atoms with Gasteiger partial charge in [-0.3, -0.25) is 0 Å². The smallest absolute Gasteiger partial charge is 0.252 e. The summed E-state index contributed by atoms with van der Waals surface area (Å²) < 4.78 is 23.3. The first-order chi connectivity index (χ1) is 14.7. The maximum atomic E-state index is 5.50. The minimum Gasteiger partial charge on any atom is -0.493 e. The molecule has 2 aromatic carbocycles. The SMILES string of the molecule is COc1ccc(CCc2nc3nccc(-c4ccc5c(c4)OCO5)n3n2)cc1OC. The third-order valence-electron chi connectivity index (χ3n) is 5.04. The lowest BCUT2D eigenvalue weighted by Gasteiger charge is -2.08. The van der Waals surface area contributed by atoms with Gasteiger partial charge in [-0.2, -0.15) is 9.50 Å². The molecule has 0 saturated carbocycles. The fourth-order valence-corrected chi connectivity index (χ4v) is 3.51. The topological polar surface area (TPSA) is 80.0 Å². The zero-order valence-electron chi connectivity index (χ0n) is 16.7. The molecule has 152 valence electrons. The van der Waals surface area contributed by atoms with Crippen LogP contribution in [0.2, 0.25) is 0 Å². The first-order valence-corrected chi connectivity index (χ1v) is 9.57. The van der Waals surface area contributed by atoms with Gasteiger partial charge in [0, 0.05) is 18.2 Å². The van der Waals surface area contributed by atoms with Crippen LogP contribution in [0.1, 0.15) is 11.4 Å². The van der Waals surface area contributed by atoms with Crippen molar-refractivity contribution in [3.8, 4) is 34.3 Å². The van der Waals surface area contributed by atoms with Crippen LogP contribution < -0.4 is 18.9 Å². The molecule has 0 atom stereocenters. The Hall–Kier alpha value is -3.81. The average molecular weight is 404 g/mol. The van der Waals surface area contributed by atoms with E-state index in [-0.39, 0.29) is 6.79 Å². The molecule has 8 nitrogen and oxygen atoms in total. The Bertz CT molecular complexity index is 1220. The first kappa shape index (κ1) is 18.2. The minimum atomic E-state index is 0.244. The van der Waals surface area contributed by atoms with E-state index in [0.29, 0.717) is 23.7 Å². The largest absolute Gasteiger partial charge is 0.493 e. The summed E-state index contributed by atoms with van der Waals surface area (Å²) in [6.07, 6.45) is 3.19. The van der Waals surface area contributed by atoms with Crippen molar-refractivity contribution in [2.45, 2.75) is 12.8 Å². The summed E-state index contributed by atoms with van der Waals surface area (Å²) in [5.41, 5.74) is 2.97. The molecule has 0 spiro atoms. The number of rotatable bonds is 6.